The van der Waals surface area contributed by atoms with Crippen LogP contribution in [-0.2, 0) is 23.9 Å². The molecule has 1 amide bonds. The van der Waals surface area contributed by atoms with Crippen LogP contribution in [0.25, 0.3) is 5.57 Å². The van der Waals surface area contributed by atoms with Crippen LogP contribution in [0, 0.1) is 17.6 Å². The van der Waals surface area contributed by atoms with E-state index in [1.54, 1.807) is 19.2 Å². The first-order valence-corrected chi connectivity index (χ1v) is 18.3. The number of hydrogen-bond acceptors (Lipinski definition) is 7. The molecule has 3 atom stereocenters. The maximum Gasteiger partial charge on any atom is 0.435 e. The SMILES string of the molecule is CC/C(N)=C/C=C(/c1ccc(Cl)c(C(C)NSC)c1N(C)N)C(C)[C@H](Cc1cc(F)cc(F)c1)NC(=O)CCn1nc(C(F)(F)F)cc1C1CC1. The third kappa shape index (κ3) is 10.5. The number of anilines is 1. The molecule has 8 nitrogen and oxygen atoms in total. The van der Waals surface area contributed by atoms with E-state index in [0.29, 0.717) is 45.2 Å². The predicted molar refractivity (Wildman–Crippen MR) is 195 cm³/mol. The minimum absolute atomic E-state index is 0.0257. The summed E-state index contributed by atoms with van der Waals surface area (Å²) in [6.07, 6.45) is 2.80. The fraction of sp³-hybridized carbons (Fsp3) is 0.444. The van der Waals surface area contributed by atoms with E-state index in [0.717, 1.165) is 30.5 Å². The van der Waals surface area contributed by atoms with Crippen LogP contribution >= 0.6 is 23.5 Å². The van der Waals surface area contributed by atoms with Crippen molar-refractivity contribution in [3.8, 4) is 0 Å². The molecule has 51 heavy (non-hydrogen) atoms. The van der Waals surface area contributed by atoms with Gasteiger partial charge in [0.05, 0.1) is 5.69 Å². The van der Waals surface area contributed by atoms with Gasteiger partial charge in [0.25, 0.3) is 0 Å². The number of benzene rings is 2. The maximum atomic E-state index is 14.4. The Morgan fingerprint density at radius 1 is 1.16 bits per heavy atom. The van der Waals surface area contributed by atoms with E-state index >= 15 is 0 Å². The third-order valence-corrected chi connectivity index (χ3v) is 9.83. The number of aromatic nitrogens is 2. The van der Waals surface area contributed by atoms with Gasteiger partial charge in [0.2, 0.25) is 5.91 Å². The molecular formula is C36H45ClF5N7OS. The maximum absolute atomic E-state index is 14.4. The van der Waals surface area contributed by atoms with Crippen LogP contribution in [0.4, 0.5) is 27.6 Å². The van der Waals surface area contributed by atoms with Gasteiger partial charge in [0.1, 0.15) is 11.6 Å². The number of hydrazine groups is 1. The lowest BCUT2D eigenvalue weighted by Gasteiger charge is -2.32. The van der Waals surface area contributed by atoms with E-state index in [9.17, 15) is 26.7 Å². The Bertz CT molecular complexity index is 1740. The molecule has 2 unspecified atom stereocenters. The number of allylic oxidation sites excluding steroid dienone is 3. The molecule has 3 aromatic rings. The Balaban J connectivity index is 1.76. The first kappa shape index (κ1) is 40.2. The first-order valence-electron chi connectivity index (χ1n) is 16.7. The quantitative estimate of drug-likeness (QED) is 0.0385. The lowest BCUT2D eigenvalue weighted by atomic mass is 9.82. The van der Waals surface area contributed by atoms with Crippen LogP contribution in [0.1, 0.15) is 86.5 Å². The summed E-state index contributed by atoms with van der Waals surface area (Å²) in [5.74, 6) is 3.89. The van der Waals surface area contributed by atoms with E-state index in [2.05, 4.69) is 15.1 Å². The highest BCUT2D eigenvalue weighted by Gasteiger charge is 2.38. The van der Waals surface area contributed by atoms with Gasteiger partial charge in [-0.1, -0.05) is 49.5 Å². The molecule has 0 bridgehead atoms. The third-order valence-electron chi connectivity index (χ3n) is 8.91. The Kier molecular flexibility index (Phi) is 13.6. The van der Waals surface area contributed by atoms with Gasteiger partial charge >= 0.3 is 6.18 Å². The minimum atomic E-state index is -4.61. The van der Waals surface area contributed by atoms with Crippen LogP contribution in [0.2, 0.25) is 5.02 Å². The number of halogens is 6. The number of alkyl halides is 3. The van der Waals surface area contributed by atoms with E-state index in [-0.39, 0.29) is 31.3 Å². The average Bonchev–Trinajstić information content (AvgIpc) is 3.80. The molecule has 1 fully saturated rings. The van der Waals surface area contributed by atoms with Crippen molar-refractivity contribution < 1.29 is 26.7 Å². The fourth-order valence-electron chi connectivity index (χ4n) is 6.14. The number of nitrogens with one attached hydrogen (secondary N) is 2. The van der Waals surface area contributed by atoms with Crippen molar-refractivity contribution in [1.29, 1.82) is 0 Å². The number of nitrogens with zero attached hydrogens (tertiary/aromatic N) is 3. The molecule has 1 heterocycles. The summed E-state index contributed by atoms with van der Waals surface area (Å²) < 4.78 is 73.8. The normalized spacial score (nSPS) is 15.8. The molecule has 0 aliphatic heterocycles. The zero-order chi connectivity index (χ0) is 37.6. The van der Waals surface area contributed by atoms with Crippen molar-refractivity contribution in [1.82, 2.24) is 19.8 Å². The van der Waals surface area contributed by atoms with Crippen molar-refractivity contribution >= 4 is 40.7 Å². The highest BCUT2D eigenvalue weighted by molar-refractivity contribution is 7.96. The molecule has 278 valence electrons. The van der Waals surface area contributed by atoms with Crippen molar-refractivity contribution in [2.75, 3.05) is 18.3 Å². The van der Waals surface area contributed by atoms with E-state index in [1.807, 2.05) is 39.2 Å². The molecule has 4 rings (SSSR count). The molecule has 0 radical (unpaired) electrons. The minimum Gasteiger partial charge on any atom is -0.402 e. The monoisotopic (exact) mass is 753 g/mol. The highest BCUT2D eigenvalue weighted by atomic mass is 35.5. The molecule has 15 heteroatoms. The number of hydrogen-bond donors (Lipinski definition) is 4. The molecule has 0 saturated heterocycles. The van der Waals surface area contributed by atoms with Crippen LogP contribution < -0.4 is 26.6 Å². The van der Waals surface area contributed by atoms with Crippen LogP contribution in [-0.4, -0.2) is 35.0 Å². The number of amides is 1. The fourth-order valence-corrected chi connectivity index (χ4v) is 6.93. The second kappa shape index (κ2) is 17.3. The number of carbonyl (C=O) groups is 1. The molecular weight excluding hydrogens is 709 g/mol. The van der Waals surface area contributed by atoms with Crippen LogP contribution in [0.5, 0.6) is 0 Å². The Morgan fingerprint density at radius 3 is 2.39 bits per heavy atom. The summed E-state index contributed by atoms with van der Waals surface area (Å²) in [5.41, 5.74) is 9.31. The number of aryl methyl sites for hydroxylation is 1. The number of nitrogens with two attached hydrogens (primary N) is 2. The largest absolute Gasteiger partial charge is 0.435 e. The van der Waals surface area contributed by atoms with Crippen molar-refractivity contribution in [2.45, 2.75) is 83.6 Å². The van der Waals surface area contributed by atoms with Crippen LogP contribution in [0.15, 0.2) is 54.2 Å². The van der Waals surface area contributed by atoms with E-state index < -0.39 is 41.4 Å². The van der Waals surface area contributed by atoms with Crippen molar-refractivity contribution in [2.24, 2.45) is 17.5 Å². The topological polar surface area (TPSA) is 114 Å². The molecule has 0 spiro atoms. The number of carbonyl (C=O) groups excluding carboxylic acids is 1. The van der Waals surface area contributed by atoms with Gasteiger partial charge in [-0.15, -0.1) is 0 Å². The van der Waals surface area contributed by atoms with Gasteiger partial charge < -0.3 is 16.1 Å². The zero-order valence-electron chi connectivity index (χ0n) is 29.3. The molecule has 1 aromatic heterocycles. The van der Waals surface area contributed by atoms with Crippen LogP contribution in [0.3, 0.4) is 0 Å². The molecule has 2 aromatic carbocycles. The summed E-state index contributed by atoms with van der Waals surface area (Å²) in [5, 5.41) is 8.73. The number of rotatable bonds is 16. The van der Waals surface area contributed by atoms with Crippen molar-refractivity contribution in [3.05, 3.63) is 99.0 Å². The summed E-state index contributed by atoms with van der Waals surface area (Å²) in [7, 11) is 1.69. The average molecular weight is 754 g/mol. The van der Waals surface area contributed by atoms with Gasteiger partial charge in [-0.3, -0.25) is 14.2 Å². The molecule has 1 aliphatic rings. The van der Waals surface area contributed by atoms with Gasteiger partial charge in [0, 0.05) is 77.5 Å². The Morgan fingerprint density at radius 2 is 1.82 bits per heavy atom. The standard InChI is InChI=1S/C36H45ClF5N7OS/c1-6-26(43)9-10-27(28-11-12-29(37)34(21(3)47-51-5)35(28)48(4)44)20(2)30(17-22-15-24(38)18-25(39)16-22)45-33(50)13-14-49-31(23-7-8-23)19-32(46-49)36(40,41)42/h9-12,15-16,18-21,23,30,47H,6-8,13-14,17,43-44H2,1-5H3,(H,45,50)/b26-9-,27-10+/t20?,21?,30-/m0/s1. The molecule has 6 N–H and O–H groups in total. The Hall–Kier alpha value is -3.59. The van der Waals surface area contributed by atoms with Gasteiger partial charge in [0.15, 0.2) is 5.69 Å². The summed E-state index contributed by atoms with van der Waals surface area (Å²) in [6, 6.07) is 6.83. The summed E-state index contributed by atoms with van der Waals surface area (Å²) >= 11 is 8.16. The first-order chi connectivity index (χ1) is 24.0. The summed E-state index contributed by atoms with van der Waals surface area (Å²) in [6.45, 7) is 5.65. The van der Waals surface area contributed by atoms with Gasteiger partial charge in [-0.05, 0) is 80.3 Å². The summed E-state index contributed by atoms with van der Waals surface area (Å²) in [4.78, 5) is 13.6. The second-order valence-corrected chi connectivity index (χ2v) is 13.9. The Labute approximate surface area is 304 Å². The lowest BCUT2D eigenvalue weighted by molar-refractivity contribution is -0.141. The zero-order valence-corrected chi connectivity index (χ0v) is 30.8. The highest BCUT2D eigenvalue weighted by Crippen LogP contribution is 2.43. The predicted octanol–water partition coefficient (Wildman–Crippen LogP) is 8.04. The van der Waals surface area contributed by atoms with Gasteiger partial charge in [-0.25, -0.2) is 14.6 Å². The molecule has 1 aliphatic carbocycles. The van der Waals surface area contributed by atoms with Gasteiger partial charge in [-0.2, -0.15) is 18.3 Å². The second-order valence-electron chi connectivity index (χ2n) is 12.9. The van der Waals surface area contributed by atoms with E-state index in [1.165, 1.54) is 33.8 Å². The van der Waals surface area contributed by atoms with Crippen molar-refractivity contribution in [3.63, 3.8) is 0 Å². The smallest absolute Gasteiger partial charge is 0.402 e. The molecule has 1 saturated carbocycles. The lowest BCUT2D eigenvalue weighted by Crippen LogP contribution is -2.42. The van der Waals surface area contributed by atoms with E-state index in [4.69, 9.17) is 23.2 Å².